The minimum atomic E-state index is -1.25. The molecule has 3 N–H and O–H groups in total. The first kappa shape index (κ1) is 11.2. The number of benzene rings is 1. The molecule has 0 radical (unpaired) electrons. The highest BCUT2D eigenvalue weighted by atomic mass is 19.2. The van der Waals surface area contributed by atoms with Crippen LogP contribution in [-0.2, 0) is 0 Å². The van der Waals surface area contributed by atoms with Gasteiger partial charge in [0.15, 0.2) is 17.5 Å². The molecule has 0 aliphatic rings. The molecule has 1 aromatic heterocycles. The van der Waals surface area contributed by atoms with E-state index in [1.807, 2.05) is 0 Å². The molecule has 0 fully saturated rings. The molecule has 0 atom stereocenters. The Hall–Kier alpha value is -2.31. The van der Waals surface area contributed by atoms with Crippen molar-refractivity contribution in [2.45, 2.75) is 0 Å². The van der Waals surface area contributed by atoms with Crippen molar-refractivity contribution in [3.05, 3.63) is 41.7 Å². The lowest BCUT2D eigenvalue weighted by Gasteiger charge is -2.06. The molecule has 0 saturated heterocycles. The second kappa shape index (κ2) is 4.28. The van der Waals surface area contributed by atoms with Crippen LogP contribution in [0.3, 0.4) is 0 Å². The second-order valence-electron chi connectivity index (χ2n) is 3.21. The number of nitrogen functional groups attached to an aromatic ring is 1. The first-order valence-corrected chi connectivity index (χ1v) is 4.57. The molecule has 0 aliphatic carbocycles. The minimum absolute atomic E-state index is 0.170. The Balaban J connectivity index is 2.30. The molecule has 0 saturated carbocycles. The summed E-state index contributed by atoms with van der Waals surface area (Å²) in [4.78, 5) is 0. The highest BCUT2D eigenvalue weighted by molar-refractivity contribution is 5.57. The quantitative estimate of drug-likeness (QED) is 0.790. The Kier molecular flexibility index (Phi) is 2.82. The number of nitrogens with one attached hydrogen (secondary N) is 1. The summed E-state index contributed by atoms with van der Waals surface area (Å²) in [5.41, 5.74) is 5.08. The van der Waals surface area contributed by atoms with Gasteiger partial charge in [0, 0.05) is 12.1 Å². The van der Waals surface area contributed by atoms with Crippen LogP contribution >= 0.6 is 0 Å². The van der Waals surface area contributed by atoms with Gasteiger partial charge in [-0.15, -0.1) is 10.2 Å². The molecule has 7 heteroatoms. The van der Waals surface area contributed by atoms with Crippen LogP contribution in [0.4, 0.5) is 30.5 Å². The number of nitrogens with zero attached hydrogens (tertiary/aromatic N) is 2. The Morgan fingerprint density at radius 3 is 2.29 bits per heavy atom. The van der Waals surface area contributed by atoms with E-state index in [0.29, 0.717) is 12.1 Å². The Morgan fingerprint density at radius 1 is 0.941 bits per heavy atom. The summed E-state index contributed by atoms with van der Waals surface area (Å²) in [5.74, 6) is -2.97. The van der Waals surface area contributed by atoms with Gasteiger partial charge in [-0.2, -0.15) is 0 Å². The van der Waals surface area contributed by atoms with E-state index in [0.717, 1.165) is 0 Å². The maximum absolute atomic E-state index is 13.3. The number of nitrogens with two attached hydrogens (primary N) is 1. The van der Waals surface area contributed by atoms with E-state index in [4.69, 9.17) is 5.73 Å². The third kappa shape index (κ3) is 2.44. The molecule has 0 spiro atoms. The minimum Gasteiger partial charge on any atom is -0.382 e. The maximum atomic E-state index is 13.3. The molecule has 4 nitrogen and oxygen atoms in total. The van der Waals surface area contributed by atoms with Crippen LogP contribution < -0.4 is 11.1 Å². The van der Waals surface area contributed by atoms with E-state index in [1.165, 1.54) is 12.1 Å². The first-order chi connectivity index (χ1) is 8.06. The number of rotatable bonds is 2. The van der Waals surface area contributed by atoms with Gasteiger partial charge < -0.3 is 11.1 Å². The lowest BCUT2D eigenvalue weighted by atomic mass is 10.3. The predicted molar refractivity (Wildman–Crippen MR) is 56.0 cm³/mol. The number of halogens is 3. The van der Waals surface area contributed by atoms with Gasteiger partial charge in [-0.05, 0) is 12.1 Å². The van der Waals surface area contributed by atoms with Crippen molar-refractivity contribution in [1.82, 2.24) is 10.2 Å². The van der Waals surface area contributed by atoms with E-state index in [2.05, 4.69) is 15.5 Å². The molecule has 2 aromatic rings. The summed E-state index contributed by atoms with van der Waals surface area (Å²) in [6, 6.07) is 4.02. The standard InChI is InChI=1S/C10H7F3N4/c11-5-3-7(13)8(4-6(5)12)15-10-2-1-9(14)16-17-10/h1-4H,(H2,14,16)(H,15,17). The van der Waals surface area contributed by atoms with Crippen LogP contribution in [0.2, 0.25) is 0 Å². The normalized spacial score (nSPS) is 10.3. The summed E-state index contributed by atoms with van der Waals surface area (Å²) < 4.78 is 38.8. The van der Waals surface area contributed by atoms with Crippen LogP contribution in [0, 0.1) is 17.5 Å². The summed E-state index contributed by atoms with van der Waals surface area (Å²) in [7, 11) is 0. The summed E-state index contributed by atoms with van der Waals surface area (Å²) >= 11 is 0. The van der Waals surface area contributed by atoms with Crippen molar-refractivity contribution in [2.24, 2.45) is 0 Å². The Bertz CT molecular complexity index is 542. The van der Waals surface area contributed by atoms with Gasteiger partial charge in [-0.25, -0.2) is 13.2 Å². The van der Waals surface area contributed by atoms with Crippen molar-refractivity contribution in [2.75, 3.05) is 11.1 Å². The number of hydrogen-bond acceptors (Lipinski definition) is 4. The number of anilines is 3. The highest BCUT2D eigenvalue weighted by Crippen LogP contribution is 2.21. The molecule has 0 aliphatic heterocycles. The van der Waals surface area contributed by atoms with Crippen molar-refractivity contribution in [1.29, 1.82) is 0 Å². The van der Waals surface area contributed by atoms with Crippen molar-refractivity contribution >= 4 is 17.3 Å². The van der Waals surface area contributed by atoms with Crippen LogP contribution in [0.15, 0.2) is 24.3 Å². The van der Waals surface area contributed by atoms with Gasteiger partial charge in [0.25, 0.3) is 0 Å². The number of aromatic nitrogens is 2. The van der Waals surface area contributed by atoms with E-state index in [-0.39, 0.29) is 17.3 Å². The van der Waals surface area contributed by atoms with E-state index in [1.54, 1.807) is 0 Å². The second-order valence-corrected chi connectivity index (χ2v) is 3.21. The third-order valence-electron chi connectivity index (χ3n) is 1.96. The van der Waals surface area contributed by atoms with Gasteiger partial charge >= 0.3 is 0 Å². The maximum Gasteiger partial charge on any atom is 0.161 e. The average Bonchev–Trinajstić information content (AvgIpc) is 2.29. The zero-order valence-electron chi connectivity index (χ0n) is 8.42. The Morgan fingerprint density at radius 2 is 1.65 bits per heavy atom. The Labute approximate surface area is 94.3 Å². The van der Waals surface area contributed by atoms with Gasteiger partial charge in [-0.1, -0.05) is 0 Å². The fraction of sp³-hybridized carbons (Fsp3) is 0. The van der Waals surface area contributed by atoms with Crippen molar-refractivity contribution < 1.29 is 13.2 Å². The summed E-state index contributed by atoms with van der Waals surface area (Å²) in [6.45, 7) is 0. The summed E-state index contributed by atoms with van der Waals surface area (Å²) in [5, 5.41) is 9.57. The lowest BCUT2D eigenvalue weighted by molar-refractivity contribution is 0.496. The molecule has 17 heavy (non-hydrogen) atoms. The molecule has 88 valence electrons. The average molecular weight is 240 g/mol. The summed E-state index contributed by atoms with van der Waals surface area (Å²) in [6.07, 6.45) is 0. The monoisotopic (exact) mass is 240 g/mol. The zero-order chi connectivity index (χ0) is 12.4. The highest BCUT2D eigenvalue weighted by Gasteiger charge is 2.10. The van der Waals surface area contributed by atoms with E-state index < -0.39 is 17.5 Å². The SMILES string of the molecule is Nc1ccc(Nc2cc(F)c(F)cc2F)nn1. The molecule has 1 heterocycles. The smallest absolute Gasteiger partial charge is 0.161 e. The fourth-order valence-corrected chi connectivity index (χ4v) is 1.17. The van der Waals surface area contributed by atoms with Crippen LogP contribution in [0.25, 0.3) is 0 Å². The van der Waals surface area contributed by atoms with Gasteiger partial charge in [0.2, 0.25) is 0 Å². The molecule has 0 bridgehead atoms. The van der Waals surface area contributed by atoms with Crippen molar-refractivity contribution in [3.8, 4) is 0 Å². The van der Waals surface area contributed by atoms with Crippen LogP contribution in [-0.4, -0.2) is 10.2 Å². The molecule has 1 aromatic carbocycles. The number of hydrogen-bond donors (Lipinski definition) is 2. The molecule has 0 unspecified atom stereocenters. The lowest BCUT2D eigenvalue weighted by Crippen LogP contribution is -2.01. The molecule has 2 rings (SSSR count). The molecular weight excluding hydrogens is 233 g/mol. The van der Waals surface area contributed by atoms with E-state index in [9.17, 15) is 13.2 Å². The largest absolute Gasteiger partial charge is 0.382 e. The van der Waals surface area contributed by atoms with Gasteiger partial charge in [0.1, 0.15) is 11.6 Å². The van der Waals surface area contributed by atoms with E-state index >= 15 is 0 Å². The molecular formula is C10H7F3N4. The fourth-order valence-electron chi connectivity index (χ4n) is 1.17. The molecule has 0 amide bonds. The topological polar surface area (TPSA) is 63.8 Å². The van der Waals surface area contributed by atoms with Crippen molar-refractivity contribution in [3.63, 3.8) is 0 Å². The van der Waals surface area contributed by atoms with Crippen LogP contribution in [0.5, 0.6) is 0 Å². The zero-order valence-corrected chi connectivity index (χ0v) is 8.42. The third-order valence-corrected chi connectivity index (χ3v) is 1.96. The predicted octanol–water partition coefficient (Wildman–Crippen LogP) is 2.22. The van der Waals surface area contributed by atoms with Gasteiger partial charge in [-0.3, -0.25) is 0 Å². The first-order valence-electron chi connectivity index (χ1n) is 4.57. The van der Waals surface area contributed by atoms with Crippen LogP contribution in [0.1, 0.15) is 0 Å². The van der Waals surface area contributed by atoms with Gasteiger partial charge in [0.05, 0.1) is 5.69 Å².